The molecule has 4 aromatic rings. The monoisotopic (exact) mass is 356 g/mol. The van der Waals surface area contributed by atoms with Crippen molar-refractivity contribution in [2.24, 2.45) is 0 Å². The van der Waals surface area contributed by atoms with E-state index in [1.54, 1.807) is 16.8 Å². The van der Waals surface area contributed by atoms with E-state index in [4.69, 9.17) is 11.6 Å². The standard InChI is InChI=1S/C17H13ClN4OS/c1-9(23)19-6-11-2-10-3-13(18)12(4-14(10)22-11)15-5-16-17(7-20-15)24-8-21-16/h2-5,7-8,22H,6H2,1H3,(H,19,23). The summed E-state index contributed by atoms with van der Waals surface area (Å²) in [5.41, 5.74) is 6.25. The maximum atomic E-state index is 11.1. The third-order valence-corrected chi connectivity index (χ3v) is 4.88. The average molecular weight is 357 g/mol. The molecule has 0 aliphatic carbocycles. The summed E-state index contributed by atoms with van der Waals surface area (Å²) in [6.45, 7) is 1.96. The van der Waals surface area contributed by atoms with Gasteiger partial charge in [-0.1, -0.05) is 11.6 Å². The summed E-state index contributed by atoms with van der Waals surface area (Å²) < 4.78 is 1.05. The molecule has 3 aromatic heterocycles. The van der Waals surface area contributed by atoms with Crippen LogP contribution in [0.1, 0.15) is 12.6 Å². The molecule has 0 saturated carbocycles. The Kier molecular flexibility index (Phi) is 3.70. The highest BCUT2D eigenvalue weighted by Crippen LogP contribution is 2.33. The Balaban J connectivity index is 1.77. The predicted molar refractivity (Wildman–Crippen MR) is 97.2 cm³/mol. The van der Waals surface area contributed by atoms with E-state index < -0.39 is 0 Å². The third-order valence-electron chi connectivity index (χ3n) is 3.79. The predicted octanol–water partition coefficient (Wildman–Crippen LogP) is 4.13. The van der Waals surface area contributed by atoms with Crippen LogP contribution in [0.5, 0.6) is 0 Å². The molecule has 120 valence electrons. The van der Waals surface area contributed by atoms with E-state index in [1.807, 2.05) is 30.5 Å². The molecule has 0 bridgehead atoms. The summed E-state index contributed by atoms with van der Waals surface area (Å²) >= 11 is 8.02. The molecule has 5 nitrogen and oxygen atoms in total. The first-order valence-corrected chi connectivity index (χ1v) is 8.61. The molecule has 0 aliphatic heterocycles. The summed E-state index contributed by atoms with van der Waals surface area (Å²) in [6, 6.07) is 7.82. The highest BCUT2D eigenvalue weighted by atomic mass is 35.5. The Labute approximate surface area is 146 Å². The molecule has 0 radical (unpaired) electrons. The number of carbonyl (C=O) groups excluding carboxylic acids is 1. The van der Waals surface area contributed by atoms with Crippen LogP contribution in [0.2, 0.25) is 5.02 Å². The van der Waals surface area contributed by atoms with Crippen LogP contribution in [-0.2, 0) is 11.3 Å². The Morgan fingerprint density at radius 2 is 2.17 bits per heavy atom. The number of hydrogen-bond acceptors (Lipinski definition) is 4. The minimum absolute atomic E-state index is 0.0619. The fourth-order valence-electron chi connectivity index (χ4n) is 2.64. The Bertz CT molecular complexity index is 1070. The van der Waals surface area contributed by atoms with Crippen LogP contribution in [0.4, 0.5) is 0 Å². The molecule has 0 fully saturated rings. The first kappa shape index (κ1) is 15.1. The number of halogens is 1. The fraction of sp³-hybridized carbons (Fsp3) is 0.118. The lowest BCUT2D eigenvalue weighted by atomic mass is 10.1. The number of rotatable bonds is 3. The maximum absolute atomic E-state index is 11.1. The number of H-pyrrole nitrogens is 1. The number of carbonyl (C=O) groups is 1. The number of aromatic amines is 1. The van der Waals surface area contributed by atoms with Crippen LogP contribution >= 0.6 is 22.9 Å². The largest absolute Gasteiger partial charge is 0.357 e. The molecule has 1 amide bonds. The molecule has 0 aliphatic rings. The number of nitrogens with zero attached hydrogens (tertiary/aromatic N) is 2. The van der Waals surface area contributed by atoms with Crippen molar-refractivity contribution in [2.75, 3.05) is 0 Å². The van der Waals surface area contributed by atoms with Gasteiger partial charge < -0.3 is 10.3 Å². The molecule has 24 heavy (non-hydrogen) atoms. The van der Waals surface area contributed by atoms with Crippen molar-refractivity contribution in [3.8, 4) is 11.3 Å². The highest BCUT2D eigenvalue weighted by Gasteiger charge is 2.11. The van der Waals surface area contributed by atoms with Gasteiger partial charge >= 0.3 is 0 Å². The van der Waals surface area contributed by atoms with Crippen molar-refractivity contribution in [3.63, 3.8) is 0 Å². The van der Waals surface area contributed by atoms with E-state index in [0.29, 0.717) is 11.6 Å². The second-order valence-electron chi connectivity index (χ2n) is 5.51. The van der Waals surface area contributed by atoms with Crippen molar-refractivity contribution < 1.29 is 4.79 Å². The molecule has 7 heteroatoms. The molecule has 0 unspecified atom stereocenters. The van der Waals surface area contributed by atoms with Gasteiger partial charge in [0, 0.05) is 35.3 Å². The van der Waals surface area contributed by atoms with Gasteiger partial charge in [-0.2, -0.15) is 0 Å². The number of thiazole rings is 1. The van der Waals surface area contributed by atoms with Crippen LogP contribution in [0.3, 0.4) is 0 Å². The van der Waals surface area contributed by atoms with Gasteiger partial charge in [-0.25, -0.2) is 4.98 Å². The normalized spacial score (nSPS) is 11.2. The van der Waals surface area contributed by atoms with Crippen molar-refractivity contribution in [1.29, 1.82) is 0 Å². The SMILES string of the molecule is CC(=O)NCc1cc2cc(Cl)c(-c3cc4ncsc4cn3)cc2[nH]1. The van der Waals surface area contributed by atoms with Gasteiger partial charge in [0.25, 0.3) is 0 Å². The molecule has 0 atom stereocenters. The summed E-state index contributed by atoms with van der Waals surface area (Å²) in [7, 11) is 0. The first-order valence-electron chi connectivity index (χ1n) is 7.35. The summed E-state index contributed by atoms with van der Waals surface area (Å²) in [4.78, 5) is 23.2. The van der Waals surface area contributed by atoms with Gasteiger partial charge in [-0.05, 0) is 24.3 Å². The van der Waals surface area contributed by atoms with E-state index in [0.717, 1.165) is 38.1 Å². The molecule has 3 heterocycles. The lowest BCUT2D eigenvalue weighted by molar-refractivity contribution is -0.119. The smallest absolute Gasteiger partial charge is 0.217 e. The quantitative estimate of drug-likeness (QED) is 0.579. The molecular formula is C17H13ClN4OS. The van der Waals surface area contributed by atoms with Gasteiger partial charge in [0.2, 0.25) is 5.91 Å². The van der Waals surface area contributed by atoms with E-state index in [1.165, 1.54) is 6.92 Å². The zero-order valence-corrected chi connectivity index (χ0v) is 14.3. The zero-order valence-electron chi connectivity index (χ0n) is 12.8. The van der Waals surface area contributed by atoms with Gasteiger partial charge in [0.05, 0.1) is 33.0 Å². The number of aromatic nitrogens is 3. The summed E-state index contributed by atoms with van der Waals surface area (Å²) in [6.07, 6.45) is 1.82. The molecule has 4 rings (SSSR count). The molecular weight excluding hydrogens is 344 g/mol. The van der Waals surface area contributed by atoms with Gasteiger partial charge in [0.15, 0.2) is 0 Å². The summed E-state index contributed by atoms with van der Waals surface area (Å²) in [5.74, 6) is -0.0619. The second kappa shape index (κ2) is 5.89. The second-order valence-corrected chi connectivity index (χ2v) is 6.81. The zero-order chi connectivity index (χ0) is 16.7. The summed E-state index contributed by atoms with van der Waals surface area (Å²) in [5, 5.41) is 4.41. The maximum Gasteiger partial charge on any atom is 0.217 e. The number of hydrogen-bond donors (Lipinski definition) is 2. The fourth-order valence-corrected chi connectivity index (χ4v) is 3.53. The van der Waals surface area contributed by atoms with Crippen LogP contribution < -0.4 is 5.32 Å². The lowest BCUT2D eigenvalue weighted by Crippen LogP contribution is -2.18. The van der Waals surface area contributed by atoms with Crippen LogP contribution in [0, 0.1) is 0 Å². The van der Waals surface area contributed by atoms with E-state index >= 15 is 0 Å². The lowest BCUT2D eigenvalue weighted by Gasteiger charge is -2.04. The number of pyridine rings is 1. The number of fused-ring (bicyclic) bond motifs is 2. The molecule has 1 aromatic carbocycles. The van der Waals surface area contributed by atoms with Crippen molar-refractivity contribution in [2.45, 2.75) is 13.5 Å². The Morgan fingerprint density at radius 3 is 3.00 bits per heavy atom. The minimum Gasteiger partial charge on any atom is -0.357 e. The van der Waals surface area contributed by atoms with Crippen molar-refractivity contribution in [1.82, 2.24) is 20.3 Å². The van der Waals surface area contributed by atoms with Gasteiger partial charge in [-0.15, -0.1) is 11.3 Å². The first-order chi connectivity index (χ1) is 11.6. The van der Waals surface area contributed by atoms with Crippen LogP contribution in [-0.4, -0.2) is 20.9 Å². The Hall–Kier alpha value is -2.44. The number of amides is 1. The van der Waals surface area contributed by atoms with E-state index in [-0.39, 0.29) is 5.91 Å². The number of nitrogens with one attached hydrogen (secondary N) is 2. The van der Waals surface area contributed by atoms with Crippen molar-refractivity contribution >= 4 is 50.0 Å². The number of benzene rings is 1. The van der Waals surface area contributed by atoms with Gasteiger partial charge in [-0.3, -0.25) is 9.78 Å². The molecule has 2 N–H and O–H groups in total. The molecule has 0 saturated heterocycles. The molecule has 0 spiro atoms. The van der Waals surface area contributed by atoms with Crippen LogP contribution in [0.15, 0.2) is 36.0 Å². The topological polar surface area (TPSA) is 70.7 Å². The minimum atomic E-state index is -0.0619. The van der Waals surface area contributed by atoms with Gasteiger partial charge in [0.1, 0.15) is 0 Å². The van der Waals surface area contributed by atoms with Crippen LogP contribution in [0.25, 0.3) is 32.4 Å². The third kappa shape index (κ3) is 2.74. The van der Waals surface area contributed by atoms with E-state index in [2.05, 4.69) is 20.3 Å². The Morgan fingerprint density at radius 1 is 1.29 bits per heavy atom. The highest BCUT2D eigenvalue weighted by molar-refractivity contribution is 7.16. The average Bonchev–Trinajstić information content (AvgIpc) is 3.17. The van der Waals surface area contributed by atoms with E-state index in [9.17, 15) is 4.79 Å². The van der Waals surface area contributed by atoms with Crippen molar-refractivity contribution in [3.05, 3.63) is 46.7 Å².